The van der Waals surface area contributed by atoms with Crippen molar-refractivity contribution < 1.29 is 4.79 Å². The van der Waals surface area contributed by atoms with Crippen molar-refractivity contribution in [2.24, 2.45) is 0 Å². The van der Waals surface area contributed by atoms with Gasteiger partial charge in [0.2, 0.25) is 5.91 Å². The minimum Gasteiger partial charge on any atom is -0.324 e. The van der Waals surface area contributed by atoms with Crippen molar-refractivity contribution in [3.05, 3.63) is 87.4 Å². The van der Waals surface area contributed by atoms with E-state index < -0.39 is 0 Å². The molecule has 0 aliphatic heterocycles. The summed E-state index contributed by atoms with van der Waals surface area (Å²) in [6.07, 6.45) is 3.24. The van der Waals surface area contributed by atoms with Crippen molar-refractivity contribution in [3.8, 4) is 11.3 Å². The van der Waals surface area contributed by atoms with E-state index in [2.05, 4.69) is 10.4 Å². The Morgan fingerprint density at radius 1 is 1.07 bits per heavy atom. The predicted octanol–water partition coefficient (Wildman–Crippen LogP) is 4.07. The van der Waals surface area contributed by atoms with Gasteiger partial charge in [-0.15, -0.1) is 0 Å². The zero-order chi connectivity index (χ0) is 20.5. The first kappa shape index (κ1) is 19.0. The molecule has 7 heteroatoms. The Hall–Kier alpha value is -3.38. The van der Waals surface area contributed by atoms with E-state index in [0.29, 0.717) is 16.2 Å². The van der Waals surface area contributed by atoms with Gasteiger partial charge in [-0.3, -0.25) is 9.59 Å². The number of rotatable bonds is 4. The fourth-order valence-electron chi connectivity index (χ4n) is 3.26. The molecule has 146 valence electrons. The maximum absolute atomic E-state index is 12.9. The summed E-state index contributed by atoms with van der Waals surface area (Å²) in [5.41, 5.74) is 4.37. The first-order valence-electron chi connectivity index (χ1n) is 9.13. The van der Waals surface area contributed by atoms with Gasteiger partial charge in [0.15, 0.2) is 0 Å². The monoisotopic (exact) mass is 406 g/mol. The number of halogens is 1. The van der Waals surface area contributed by atoms with Gasteiger partial charge in [-0.05, 0) is 43.2 Å². The number of carbonyl (C=O) groups excluding carboxylic acids is 1. The van der Waals surface area contributed by atoms with E-state index >= 15 is 0 Å². The number of para-hydroxylation sites is 1. The molecule has 6 nitrogen and oxygen atoms in total. The summed E-state index contributed by atoms with van der Waals surface area (Å²) < 4.78 is 2.90. The highest BCUT2D eigenvalue weighted by molar-refractivity contribution is 6.30. The Morgan fingerprint density at radius 2 is 1.76 bits per heavy atom. The lowest BCUT2D eigenvalue weighted by atomic mass is 10.1. The van der Waals surface area contributed by atoms with Crippen LogP contribution in [0.5, 0.6) is 0 Å². The number of nitrogens with one attached hydrogen (secondary N) is 1. The molecule has 0 aliphatic rings. The number of amides is 1. The number of hydrogen-bond acceptors (Lipinski definition) is 3. The summed E-state index contributed by atoms with van der Waals surface area (Å²) in [7, 11) is 0. The quantitative estimate of drug-likeness (QED) is 0.555. The molecule has 2 aromatic heterocycles. The van der Waals surface area contributed by atoms with Gasteiger partial charge in [-0.1, -0.05) is 41.9 Å². The highest BCUT2D eigenvalue weighted by Crippen LogP contribution is 2.21. The lowest BCUT2D eigenvalue weighted by Gasteiger charge is -2.12. The van der Waals surface area contributed by atoms with E-state index in [1.807, 2.05) is 44.2 Å². The smallest absolute Gasteiger partial charge is 0.277 e. The van der Waals surface area contributed by atoms with Crippen molar-refractivity contribution in [1.29, 1.82) is 0 Å². The van der Waals surface area contributed by atoms with E-state index in [9.17, 15) is 9.59 Å². The average molecular weight is 407 g/mol. The van der Waals surface area contributed by atoms with Gasteiger partial charge < -0.3 is 9.88 Å². The zero-order valence-electron chi connectivity index (χ0n) is 16.0. The molecule has 0 radical (unpaired) electrons. The van der Waals surface area contributed by atoms with Crippen LogP contribution in [0, 0.1) is 13.8 Å². The topological polar surface area (TPSA) is 68.4 Å². The third-order valence-electron chi connectivity index (χ3n) is 4.80. The van der Waals surface area contributed by atoms with E-state index in [1.54, 1.807) is 30.6 Å². The van der Waals surface area contributed by atoms with Crippen LogP contribution in [0.25, 0.3) is 16.8 Å². The molecule has 0 unspecified atom stereocenters. The van der Waals surface area contributed by atoms with Crippen LogP contribution in [-0.2, 0) is 11.3 Å². The molecule has 2 aromatic carbocycles. The summed E-state index contributed by atoms with van der Waals surface area (Å²) in [4.78, 5) is 25.4. The van der Waals surface area contributed by atoms with Crippen molar-refractivity contribution in [1.82, 2.24) is 14.2 Å². The molecule has 29 heavy (non-hydrogen) atoms. The second-order valence-electron chi connectivity index (χ2n) is 6.91. The highest BCUT2D eigenvalue weighted by Gasteiger charge is 2.12. The largest absolute Gasteiger partial charge is 0.324 e. The van der Waals surface area contributed by atoms with E-state index in [-0.39, 0.29) is 18.0 Å². The molecule has 0 spiro atoms. The van der Waals surface area contributed by atoms with Crippen molar-refractivity contribution in [2.75, 3.05) is 5.32 Å². The van der Waals surface area contributed by atoms with Crippen molar-refractivity contribution in [2.45, 2.75) is 20.4 Å². The molecule has 2 heterocycles. The molecule has 0 saturated carbocycles. The number of anilines is 1. The van der Waals surface area contributed by atoms with Crippen LogP contribution >= 0.6 is 11.6 Å². The first-order chi connectivity index (χ1) is 13.9. The molecule has 4 aromatic rings. The molecule has 0 aliphatic carbocycles. The molecule has 0 bridgehead atoms. The maximum Gasteiger partial charge on any atom is 0.277 e. The lowest BCUT2D eigenvalue weighted by molar-refractivity contribution is -0.116. The van der Waals surface area contributed by atoms with Crippen molar-refractivity contribution in [3.63, 3.8) is 0 Å². The number of aryl methyl sites for hydroxylation is 2. The van der Waals surface area contributed by atoms with Gasteiger partial charge in [-0.25, -0.2) is 4.52 Å². The van der Waals surface area contributed by atoms with E-state index in [0.717, 1.165) is 22.4 Å². The molecule has 4 rings (SSSR count). The zero-order valence-corrected chi connectivity index (χ0v) is 16.8. The summed E-state index contributed by atoms with van der Waals surface area (Å²) in [6.45, 7) is 3.79. The number of fused-ring (bicyclic) bond motifs is 1. The van der Waals surface area contributed by atoms with Gasteiger partial charge in [0.1, 0.15) is 12.1 Å². The minimum absolute atomic E-state index is 0.0788. The van der Waals surface area contributed by atoms with E-state index in [1.165, 1.54) is 9.08 Å². The van der Waals surface area contributed by atoms with Gasteiger partial charge in [-0.2, -0.15) is 5.10 Å². The Balaban J connectivity index is 1.61. The molecule has 0 atom stereocenters. The molecule has 0 fully saturated rings. The van der Waals surface area contributed by atoms with Gasteiger partial charge in [0, 0.05) is 28.7 Å². The molecule has 0 saturated heterocycles. The van der Waals surface area contributed by atoms with Gasteiger partial charge in [0.25, 0.3) is 5.56 Å². The SMILES string of the molecule is Cc1cccc(C)c1NC(=O)Cn1ccn2nc(-c3ccc(Cl)cc3)cc2c1=O. The number of carbonyl (C=O) groups is 1. The Labute approximate surface area is 172 Å². The Bertz CT molecular complexity index is 1250. The minimum atomic E-state index is -0.281. The second-order valence-corrected chi connectivity index (χ2v) is 7.35. The molecule has 1 amide bonds. The van der Waals surface area contributed by atoms with Gasteiger partial charge >= 0.3 is 0 Å². The third-order valence-corrected chi connectivity index (χ3v) is 5.05. The van der Waals surface area contributed by atoms with Crippen molar-refractivity contribution >= 4 is 28.7 Å². The predicted molar refractivity (Wildman–Crippen MR) is 114 cm³/mol. The summed E-state index contributed by atoms with van der Waals surface area (Å²) in [5, 5.41) is 7.98. The number of aromatic nitrogens is 3. The van der Waals surface area contributed by atoms with Crippen LogP contribution in [0.15, 0.2) is 65.7 Å². The summed E-state index contributed by atoms with van der Waals surface area (Å²) in [6, 6.07) is 14.8. The first-order valence-corrected chi connectivity index (χ1v) is 9.51. The third kappa shape index (κ3) is 3.79. The Kier molecular flexibility index (Phi) is 4.94. The number of benzene rings is 2. The Morgan fingerprint density at radius 3 is 2.45 bits per heavy atom. The second kappa shape index (κ2) is 7.56. The summed E-state index contributed by atoms with van der Waals surface area (Å²) in [5.74, 6) is -0.258. The van der Waals surface area contributed by atoms with E-state index in [4.69, 9.17) is 11.6 Å². The van der Waals surface area contributed by atoms with Crippen LogP contribution in [0.3, 0.4) is 0 Å². The van der Waals surface area contributed by atoms with Gasteiger partial charge in [0.05, 0.1) is 5.69 Å². The maximum atomic E-state index is 12.9. The van der Waals surface area contributed by atoms with Crippen LogP contribution in [0.1, 0.15) is 11.1 Å². The molecular formula is C22H19ClN4O2. The van der Waals surface area contributed by atoms with Crippen LogP contribution < -0.4 is 10.9 Å². The fraction of sp³-hybridized carbons (Fsp3) is 0.136. The highest BCUT2D eigenvalue weighted by atomic mass is 35.5. The molecule has 1 N–H and O–H groups in total. The standard InChI is InChI=1S/C22H19ClN4O2/c1-14-4-3-5-15(2)21(14)24-20(28)13-26-10-11-27-19(22(26)29)12-18(25-27)16-6-8-17(23)9-7-16/h3-12H,13H2,1-2H3,(H,24,28). The van der Waals surface area contributed by atoms with Crippen LogP contribution in [0.4, 0.5) is 5.69 Å². The fourth-order valence-corrected chi connectivity index (χ4v) is 3.38. The molecular weight excluding hydrogens is 388 g/mol. The van der Waals surface area contributed by atoms with Crippen LogP contribution in [0.2, 0.25) is 5.02 Å². The van der Waals surface area contributed by atoms with Crippen LogP contribution in [-0.4, -0.2) is 20.1 Å². The lowest BCUT2D eigenvalue weighted by Crippen LogP contribution is -2.28. The number of nitrogens with zero attached hydrogens (tertiary/aromatic N) is 3. The normalized spacial score (nSPS) is 11.0. The summed E-state index contributed by atoms with van der Waals surface area (Å²) >= 11 is 5.93. The number of hydrogen-bond donors (Lipinski definition) is 1. The average Bonchev–Trinajstić information content (AvgIpc) is 3.13.